The molecule has 1 aliphatic rings. The molecule has 1 aliphatic heterocycles. The van der Waals surface area contributed by atoms with Crippen molar-refractivity contribution in [2.75, 3.05) is 11.5 Å². The van der Waals surface area contributed by atoms with Gasteiger partial charge in [0.05, 0.1) is 18.2 Å². The molecule has 0 radical (unpaired) electrons. The van der Waals surface area contributed by atoms with Gasteiger partial charge in [0.25, 0.3) is 5.78 Å². The summed E-state index contributed by atoms with van der Waals surface area (Å²) in [6.07, 6.45) is 5.14. The minimum absolute atomic E-state index is 0.0181. The Morgan fingerprint density at radius 3 is 2.59 bits per heavy atom. The molecule has 0 aliphatic carbocycles. The van der Waals surface area contributed by atoms with Crippen molar-refractivity contribution in [3.8, 4) is 5.75 Å². The average Bonchev–Trinajstić information content (AvgIpc) is 3.35. The number of amides is 1. The van der Waals surface area contributed by atoms with Gasteiger partial charge in [0.2, 0.25) is 5.13 Å². The van der Waals surface area contributed by atoms with E-state index in [2.05, 4.69) is 22.1 Å². The standard InChI is InChI=1S/C23H22N4O4S/c1-3-4-12-31-17-9-7-15(8-10-17)20(28)18-19(16-6-5-11-24-13-16)27(22(30)21(18)29)23-26-25-14(2)32-23/h5-11,13,19,28H,3-4,12H2,1-2H3/b20-18+. The second-order valence-corrected chi connectivity index (χ2v) is 8.45. The van der Waals surface area contributed by atoms with E-state index < -0.39 is 17.7 Å². The number of benzene rings is 1. The molecule has 1 aromatic carbocycles. The van der Waals surface area contributed by atoms with Crippen LogP contribution >= 0.6 is 11.3 Å². The lowest BCUT2D eigenvalue weighted by Crippen LogP contribution is -2.29. The molecule has 164 valence electrons. The zero-order valence-corrected chi connectivity index (χ0v) is 18.5. The molecule has 1 N–H and O–H groups in total. The SMILES string of the molecule is CCCCOc1ccc(/C(O)=C2\C(=O)C(=O)N(c3nnc(C)s3)C2c2cccnc2)cc1. The summed E-state index contributed by atoms with van der Waals surface area (Å²) in [5.41, 5.74) is 0.976. The van der Waals surface area contributed by atoms with Crippen LogP contribution < -0.4 is 9.64 Å². The van der Waals surface area contributed by atoms with E-state index in [1.165, 1.54) is 16.2 Å². The lowest BCUT2D eigenvalue weighted by atomic mass is 9.96. The molecule has 3 heterocycles. The van der Waals surface area contributed by atoms with Crippen molar-refractivity contribution in [2.45, 2.75) is 32.7 Å². The molecule has 1 unspecified atom stereocenters. The van der Waals surface area contributed by atoms with Gasteiger partial charge in [-0.25, -0.2) is 0 Å². The number of aromatic nitrogens is 3. The maximum absolute atomic E-state index is 13.0. The van der Waals surface area contributed by atoms with E-state index in [1.807, 2.05) is 0 Å². The predicted octanol–water partition coefficient (Wildman–Crippen LogP) is 4.05. The molecule has 1 atom stereocenters. The van der Waals surface area contributed by atoms with Gasteiger partial charge in [-0.1, -0.05) is 30.7 Å². The van der Waals surface area contributed by atoms with Crippen LogP contribution in [0.1, 0.15) is 41.9 Å². The van der Waals surface area contributed by atoms with Gasteiger partial charge in [-0.3, -0.25) is 19.5 Å². The van der Waals surface area contributed by atoms with E-state index in [0.717, 1.165) is 12.8 Å². The third-order valence-electron chi connectivity index (χ3n) is 5.06. The summed E-state index contributed by atoms with van der Waals surface area (Å²) in [5.74, 6) is -1.15. The van der Waals surface area contributed by atoms with E-state index >= 15 is 0 Å². The summed E-state index contributed by atoms with van der Waals surface area (Å²) in [6, 6.07) is 9.39. The van der Waals surface area contributed by atoms with E-state index in [9.17, 15) is 14.7 Å². The maximum Gasteiger partial charge on any atom is 0.301 e. The van der Waals surface area contributed by atoms with E-state index in [4.69, 9.17) is 4.74 Å². The van der Waals surface area contributed by atoms with Gasteiger partial charge < -0.3 is 9.84 Å². The highest BCUT2D eigenvalue weighted by atomic mass is 32.1. The smallest absolute Gasteiger partial charge is 0.301 e. The molecule has 8 nitrogen and oxygen atoms in total. The Balaban J connectivity index is 1.77. The van der Waals surface area contributed by atoms with Crippen LogP contribution in [0.25, 0.3) is 5.76 Å². The Kier molecular flexibility index (Phi) is 6.27. The van der Waals surface area contributed by atoms with Crippen LogP contribution in [-0.4, -0.2) is 38.6 Å². The summed E-state index contributed by atoms with van der Waals surface area (Å²) in [7, 11) is 0. The molecule has 1 amide bonds. The number of ketones is 1. The van der Waals surface area contributed by atoms with Crippen LogP contribution in [0.5, 0.6) is 5.75 Å². The van der Waals surface area contributed by atoms with Crippen molar-refractivity contribution < 1.29 is 19.4 Å². The fourth-order valence-corrected chi connectivity index (χ4v) is 4.18. The van der Waals surface area contributed by atoms with Crippen molar-refractivity contribution in [3.05, 3.63) is 70.5 Å². The van der Waals surface area contributed by atoms with Crippen LogP contribution in [0.2, 0.25) is 0 Å². The minimum atomic E-state index is -0.864. The molecule has 2 aromatic heterocycles. The van der Waals surface area contributed by atoms with Crippen molar-refractivity contribution in [1.29, 1.82) is 0 Å². The van der Waals surface area contributed by atoms with E-state index in [0.29, 0.717) is 28.5 Å². The number of hydrogen-bond donors (Lipinski definition) is 1. The van der Waals surface area contributed by atoms with Gasteiger partial charge in [0, 0.05) is 18.0 Å². The lowest BCUT2D eigenvalue weighted by molar-refractivity contribution is -0.132. The Bertz CT molecular complexity index is 1160. The number of hydrogen-bond acceptors (Lipinski definition) is 8. The van der Waals surface area contributed by atoms with Crippen LogP contribution in [0.15, 0.2) is 54.4 Å². The van der Waals surface area contributed by atoms with Gasteiger partial charge in [0.15, 0.2) is 0 Å². The van der Waals surface area contributed by atoms with Crippen molar-refractivity contribution in [1.82, 2.24) is 15.2 Å². The highest BCUT2D eigenvalue weighted by molar-refractivity contribution is 7.15. The average molecular weight is 451 g/mol. The van der Waals surface area contributed by atoms with Gasteiger partial charge in [-0.15, -0.1) is 10.2 Å². The van der Waals surface area contributed by atoms with E-state index in [-0.39, 0.29) is 16.5 Å². The normalized spacial score (nSPS) is 17.7. The number of carbonyl (C=O) groups excluding carboxylic acids is 2. The number of anilines is 1. The number of carbonyl (C=O) groups is 2. The number of rotatable bonds is 7. The second kappa shape index (κ2) is 9.27. The first kappa shape index (κ1) is 21.6. The van der Waals surface area contributed by atoms with Gasteiger partial charge in [0.1, 0.15) is 16.5 Å². The second-order valence-electron chi connectivity index (χ2n) is 7.29. The van der Waals surface area contributed by atoms with E-state index in [1.54, 1.807) is 55.7 Å². The zero-order valence-electron chi connectivity index (χ0n) is 17.7. The number of Topliss-reactive ketones (excluding diaryl/α,β-unsaturated/α-hetero) is 1. The third-order valence-corrected chi connectivity index (χ3v) is 5.90. The molecule has 0 spiro atoms. The van der Waals surface area contributed by atoms with Crippen LogP contribution in [-0.2, 0) is 9.59 Å². The summed E-state index contributed by atoms with van der Waals surface area (Å²) in [5, 5.41) is 20.1. The predicted molar refractivity (Wildman–Crippen MR) is 121 cm³/mol. The summed E-state index contributed by atoms with van der Waals surface area (Å²) in [6.45, 7) is 4.46. The fraction of sp³-hybridized carbons (Fsp3) is 0.261. The zero-order chi connectivity index (χ0) is 22.7. The highest BCUT2D eigenvalue weighted by Crippen LogP contribution is 2.42. The Labute approximate surface area is 189 Å². The Morgan fingerprint density at radius 1 is 1.19 bits per heavy atom. The highest BCUT2D eigenvalue weighted by Gasteiger charge is 2.48. The molecule has 4 rings (SSSR count). The molecular formula is C23H22N4O4S. The maximum atomic E-state index is 13.0. The topological polar surface area (TPSA) is 106 Å². The van der Waals surface area contributed by atoms with Crippen molar-refractivity contribution in [2.24, 2.45) is 0 Å². The summed E-state index contributed by atoms with van der Waals surface area (Å²) in [4.78, 5) is 31.4. The molecule has 3 aromatic rings. The molecule has 32 heavy (non-hydrogen) atoms. The first-order chi connectivity index (χ1) is 15.5. The number of ether oxygens (including phenoxy) is 1. The molecule has 0 saturated carbocycles. The number of aliphatic hydroxyl groups is 1. The largest absolute Gasteiger partial charge is 0.507 e. The molecule has 1 fully saturated rings. The van der Waals surface area contributed by atoms with Crippen LogP contribution in [0.3, 0.4) is 0 Å². The Hall–Kier alpha value is -3.59. The van der Waals surface area contributed by atoms with Gasteiger partial charge >= 0.3 is 5.91 Å². The summed E-state index contributed by atoms with van der Waals surface area (Å²) >= 11 is 1.20. The number of aliphatic hydroxyl groups excluding tert-OH is 1. The number of nitrogens with zero attached hydrogens (tertiary/aromatic N) is 4. The van der Waals surface area contributed by atoms with Crippen molar-refractivity contribution in [3.63, 3.8) is 0 Å². The molecule has 9 heteroatoms. The number of aryl methyl sites for hydroxylation is 1. The number of pyridine rings is 1. The third kappa shape index (κ3) is 4.11. The monoisotopic (exact) mass is 450 g/mol. The van der Waals surface area contributed by atoms with Gasteiger partial charge in [-0.2, -0.15) is 0 Å². The molecule has 0 bridgehead atoms. The summed E-state index contributed by atoms with van der Waals surface area (Å²) < 4.78 is 5.66. The molecule has 1 saturated heterocycles. The Morgan fingerprint density at radius 2 is 1.97 bits per heavy atom. The molecular weight excluding hydrogens is 428 g/mol. The minimum Gasteiger partial charge on any atom is -0.507 e. The van der Waals surface area contributed by atoms with Crippen LogP contribution in [0, 0.1) is 6.92 Å². The first-order valence-corrected chi connectivity index (χ1v) is 11.1. The quantitative estimate of drug-likeness (QED) is 0.251. The van der Waals surface area contributed by atoms with Crippen molar-refractivity contribution >= 4 is 33.9 Å². The number of unbranched alkanes of at least 4 members (excludes halogenated alkanes) is 1. The van der Waals surface area contributed by atoms with Gasteiger partial charge in [-0.05, 0) is 49.2 Å². The first-order valence-electron chi connectivity index (χ1n) is 10.3. The fourth-order valence-electron chi connectivity index (χ4n) is 3.47. The lowest BCUT2D eigenvalue weighted by Gasteiger charge is -2.22. The van der Waals surface area contributed by atoms with Crippen LogP contribution in [0.4, 0.5) is 5.13 Å².